The Balaban J connectivity index is 1.21. The van der Waals surface area contributed by atoms with E-state index in [1.807, 2.05) is 4.90 Å². The van der Waals surface area contributed by atoms with E-state index in [0.717, 1.165) is 76.6 Å². The summed E-state index contributed by atoms with van der Waals surface area (Å²) in [6.45, 7) is 6.10. The molecule has 0 bridgehead atoms. The van der Waals surface area contributed by atoms with E-state index < -0.39 is 11.9 Å². The minimum absolute atomic E-state index is 0.300. The Morgan fingerprint density at radius 3 is 2.21 bits per heavy atom. The molecule has 0 atom stereocenters. The molecule has 5 nitrogen and oxygen atoms in total. The van der Waals surface area contributed by atoms with Crippen molar-refractivity contribution < 1.29 is 18.0 Å². The quantitative estimate of drug-likeness (QED) is 0.785. The van der Waals surface area contributed by atoms with E-state index in [1.54, 1.807) is 0 Å². The van der Waals surface area contributed by atoms with Gasteiger partial charge in [0.05, 0.1) is 0 Å². The van der Waals surface area contributed by atoms with Gasteiger partial charge in [0.15, 0.2) is 0 Å². The summed E-state index contributed by atoms with van der Waals surface area (Å²) in [6, 6.07) is 3.13. The maximum atomic E-state index is 12.6. The number of amides is 1. The zero-order chi connectivity index (χ0) is 19.7. The van der Waals surface area contributed by atoms with E-state index in [0.29, 0.717) is 24.4 Å². The van der Waals surface area contributed by atoms with Gasteiger partial charge in [-0.05, 0) is 50.4 Å². The molecule has 28 heavy (non-hydrogen) atoms. The zero-order valence-electron chi connectivity index (χ0n) is 16.0. The molecule has 1 aromatic heterocycles. The predicted octanol–water partition coefficient (Wildman–Crippen LogP) is 2.62. The molecule has 0 unspecified atom stereocenters. The lowest BCUT2D eigenvalue weighted by Gasteiger charge is -2.42. The van der Waals surface area contributed by atoms with Crippen molar-refractivity contribution in [2.24, 2.45) is 5.92 Å². The van der Waals surface area contributed by atoms with Crippen LogP contribution in [0.3, 0.4) is 0 Å². The molecular weight excluding hydrogens is 369 g/mol. The molecule has 0 spiro atoms. The van der Waals surface area contributed by atoms with E-state index in [1.165, 1.54) is 12.3 Å². The van der Waals surface area contributed by atoms with Crippen molar-refractivity contribution in [2.45, 2.75) is 44.4 Å². The van der Waals surface area contributed by atoms with Gasteiger partial charge in [-0.1, -0.05) is 6.07 Å². The van der Waals surface area contributed by atoms with Crippen molar-refractivity contribution >= 4 is 5.91 Å². The van der Waals surface area contributed by atoms with Crippen molar-refractivity contribution in [3.05, 3.63) is 29.6 Å². The number of carbonyl (C=O) groups is 1. The van der Waals surface area contributed by atoms with Crippen LogP contribution in [0.4, 0.5) is 13.2 Å². The first kappa shape index (κ1) is 19.6. The largest absolute Gasteiger partial charge is 0.433 e. The minimum Gasteiger partial charge on any atom is -0.340 e. The summed E-state index contributed by atoms with van der Waals surface area (Å²) in [7, 11) is 0. The van der Waals surface area contributed by atoms with Gasteiger partial charge in [-0.3, -0.25) is 19.6 Å². The number of carbonyl (C=O) groups excluding carboxylic acids is 1. The number of nitrogens with zero attached hydrogens (tertiary/aromatic N) is 4. The summed E-state index contributed by atoms with van der Waals surface area (Å²) < 4.78 is 37.8. The van der Waals surface area contributed by atoms with E-state index in [-0.39, 0.29) is 0 Å². The molecule has 1 aliphatic carbocycles. The van der Waals surface area contributed by atoms with Crippen molar-refractivity contribution in [3.8, 4) is 0 Å². The van der Waals surface area contributed by atoms with Crippen molar-refractivity contribution in [1.82, 2.24) is 19.7 Å². The second-order valence-electron chi connectivity index (χ2n) is 8.19. The Hall–Kier alpha value is -1.67. The first-order chi connectivity index (χ1) is 13.4. The van der Waals surface area contributed by atoms with Crippen LogP contribution in [0.2, 0.25) is 0 Å². The number of piperazine rings is 1. The monoisotopic (exact) mass is 396 g/mol. The fraction of sp³-hybridized carbons (Fsp3) is 0.700. The van der Waals surface area contributed by atoms with Crippen LogP contribution in [0, 0.1) is 5.92 Å². The van der Waals surface area contributed by atoms with Crippen molar-refractivity contribution in [3.63, 3.8) is 0 Å². The third-order valence-corrected chi connectivity index (χ3v) is 6.15. The van der Waals surface area contributed by atoms with Gasteiger partial charge in [0.1, 0.15) is 5.69 Å². The highest BCUT2D eigenvalue weighted by Gasteiger charge is 2.36. The summed E-state index contributed by atoms with van der Waals surface area (Å²) >= 11 is 0. The van der Waals surface area contributed by atoms with Crippen LogP contribution in [-0.4, -0.2) is 70.9 Å². The molecule has 0 radical (unpaired) electrons. The van der Waals surface area contributed by atoms with Gasteiger partial charge < -0.3 is 4.90 Å². The average Bonchev–Trinajstić information content (AvgIpc) is 3.53. The molecular formula is C20H27F3N4O. The summed E-state index contributed by atoms with van der Waals surface area (Å²) in [6.07, 6.45) is 1.20. The maximum absolute atomic E-state index is 12.6. The fourth-order valence-electron chi connectivity index (χ4n) is 4.28. The zero-order valence-corrected chi connectivity index (χ0v) is 16.0. The van der Waals surface area contributed by atoms with Gasteiger partial charge in [-0.15, -0.1) is 0 Å². The molecule has 3 aliphatic rings. The van der Waals surface area contributed by atoms with Crippen LogP contribution in [-0.2, 0) is 17.5 Å². The Morgan fingerprint density at radius 1 is 1.00 bits per heavy atom. The van der Waals surface area contributed by atoms with Gasteiger partial charge in [0.25, 0.3) is 0 Å². The number of likely N-dealkylation sites (tertiary alicyclic amines) is 1. The topological polar surface area (TPSA) is 39.7 Å². The second-order valence-corrected chi connectivity index (χ2v) is 8.19. The Kier molecular flexibility index (Phi) is 5.60. The molecule has 0 aromatic carbocycles. The first-order valence-electron chi connectivity index (χ1n) is 10.2. The SMILES string of the molecule is O=C(C1CC1)N1CCN(C2CCN(Cc3ccc(C(F)(F)F)nc3)CC2)CC1. The maximum Gasteiger partial charge on any atom is 0.433 e. The van der Waals surface area contributed by atoms with Gasteiger partial charge >= 0.3 is 6.18 Å². The third kappa shape index (κ3) is 4.66. The number of piperidine rings is 1. The molecule has 3 heterocycles. The molecule has 0 N–H and O–H groups in total. The summed E-state index contributed by atoms with van der Waals surface area (Å²) in [5.74, 6) is 0.647. The molecule has 1 aromatic rings. The molecule has 3 fully saturated rings. The van der Waals surface area contributed by atoms with E-state index in [9.17, 15) is 18.0 Å². The number of rotatable bonds is 4. The normalized spacial score (nSPS) is 23.2. The van der Waals surface area contributed by atoms with Crippen LogP contribution in [0.25, 0.3) is 0 Å². The van der Waals surface area contributed by atoms with E-state index in [4.69, 9.17) is 0 Å². The number of aromatic nitrogens is 1. The Bertz CT molecular complexity index is 674. The average molecular weight is 396 g/mol. The fourth-order valence-corrected chi connectivity index (χ4v) is 4.28. The Labute approximate surface area is 163 Å². The third-order valence-electron chi connectivity index (χ3n) is 6.15. The number of halogens is 3. The standard InChI is InChI=1S/C20H27F3N4O/c21-20(22,23)18-4-1-15(13-24-18)14-25-7-5-17(6-8-25)26-9-11-27(12-10-26)19(28)16-2-3-16/h1,4,13,16-17H,2-3,5-12,14H2. The van der Waals surface area contributed by atoms with Crippen molar-refractivity contribution in [2.75, 3.05) is 39.3 Å². The smallest absolute Gasteiger partial charge is 0.340 e. The number of hydrogen-bond acceptors (Lipinski definition) is 4. The lowest BCUT2D eigenvalue weighted by Crippen LogP contribution is -2.54. The van der Waals surface area contributed by atoms with E-state index in [2.05, 4.69) is 14.8 Å². The second kappa shape index (κ2) is 7.99. The highest BCUT2D eigenvalue weighted by molar-refractivity contribution is 5.81. The molecule has 4 rings (SSSR count). The van der Waals surface area contributed by atoms with Crippen LogP contribution in [0.15, 0.2) is 18.3 Å². The number of hydrogen-bond donors (Lipinski definition) is 0. The summed E-state index contributed by atoms with van der Waals surface area (Å²) in [5, 5.41) is 0. The molecule has 8 heteroatoms. The highest BCUT2D eigenvalue weighted by Crippen LogP contribution is 2.31. The summed E-state index contributed by atoms with van der Waals surface area (Å²) in [4.78, 5) is 22.5. The predicted molar refractivity (Wildman–Crippen MR) is 98.4 cm³/mol. The first-order valence-corrected chi connectivity index (χ1v) is 10.2. The minimum atomic E-state index is -4.38. The van der Waals surface area contributed by atoms with Crippen molar-refractivity contribution in [1.29, 1.82) is 0 Å². The summed E-state index contributed by atoms with van der Waals surface area (Å²) in [5.41, 5.74) is -0.0204. The lowest BCUT2D eigenvalue weighted by molar-refractivity contribution is -0.141. The van der Waals surface area contributed by atoms with Gasteiger partial charge in [-0.25, -0.2) is 0 Å². The molecule has 1 saturated carbocycles. The lowest BCUT2D eigenvalue weighted by atomic mass is 10.0. The number of alkyl halides is 3. The molecule has 154 valence electrons. The van der Waals surface area contributed by atoms with Gasteiger partial charge in [-0.2, -0.15) is 13.2 Å². The van der Waals surface area contributed by atoms with Crippen LogP contribution >= 0.6 is 0 Å². The highest BCUT2D eigenvalue weighted by atomic mass is 19.4. The van der Waals surface area contributed by atoms with Gasteiger partial charge in [0, 0.05) is 50.9 Å². The Morgan fingerprint density at radius 2 is 1.68 bits per heavy atom. The molecule has 2 saturated heterocycles. The van der Waals surface area contributed by atoms with E-state index >= 15 is 0 Å². The van der Waals surface area contributed by atoms with Crippen LogP contribution in [0.1, 0.15) is 36.9 Å². The molecule has 2 aliphatic heterocycles. The van der Waals surface area contributed by atoms with Crippen LogP contribution < -0.4 is 0 Å². The van der Waals surface area contributed by atoms with Crippen LogP contribution in [0.5, 0.6) is 0 Å². The number of pyridine rings is 1. The van der Waals surface area contributed by atoms with Gasteiger partial charge in [0.2, 0.25) is 5.91 Å². The molecule has 1 amide bonds.